The molecule has 0 aromatic heterocycles. The number of piperidine rings is 1. The minimum Gasteiger partial charge on any atom is -0.376 e. The zero-order chi connectivity index (χ0) is 22.0. The number of nitrogens with zero attached hydrogens (tertiary/aromatic N) is 1. The maximum atomic E-state index is 12.9. The molecule has 0 spiro atoms. The molecule has 2 aliphatic heterocycles. The molecule has 0 saturated carbocycles. The Morgan fingerprint density at radius 2 is 1.90 bits per heavy atom. The van der Waals surface area contributed by atoms with Gasteiger partial charge in [0.15, 0.2) is 0 Å². The first kappa shape index (κ1) is 21.3. The van der Waals surface area contributed by atoms with Gasteiger partial charge in [-0.2, -0.15) is 0 Å². The van der Waals surface area contributed by atoms with E-state index < -0.39 is 11.9 Å². The monoisotopic (exact) mass is 532 g/mol. The Hall–Kier alpha value is -2.95. The van der Waals surface area contributed by atoms with Gasteiger partial charge in [-0.25, -0.2) is 0 Å². The van der Waals surface area contributed by atoms with Crippen LogP contribution in [0, 0.1) is 3.57 Å². The van der Waals surface area contributed by atoms with Crippen LogP contribution in [0.1, 0.15) is 34.3 Å². The molecule has 1 saturated heterocycles. The van der Waals surface area contributed by atoms with Crippen LogP contribution in [-0.4, -0.2) is 41.1 Å². The number of rotatable bonds is 6. The Morgan fingerprint density at radius 3 is 2.65 bits per heavy atom. The van der Waals surface area contributed by atoms with Crippen molar-refractivity contribution in [3.8, 4) is 0 Å². The number of imide groups is 1. The van der Waals surface area contributed by atoms with Crippen LogP contribution < -0.4 is 16.0 Å². The first-order chi connectivity index (χ1) is 14.9. The lowest BCUT2D eigenvalue weighted by molar-refractivity contribution is -0.137. The van der Waals surface area contributed by atoms with E-state index in [4.69, 9.17) is 0 Å². The largest absolute Gasteiger partial charge is 0.376 e. The molecule has 1 atom stereocenters. The Bertz CT molecular complexity index is 1050. The number of benzene rings is 2. The van der Waals surface area contributed by atoms with Crippen molar-refractivity contribution in [1.82, 2.24) is 15.5 Å². The van der Waals surface area contributed by atoms with Gasteiger partial charge in [0.05, 0.1) is 6.54 Å². The second-order valence-electron chi connectivity index (χ2n) is 7.53. The molecular weight excluding hydrogens is 511 g/mol. The van der Waals surface area contributed by atoms with Gasteiger partial charge >= 0.3 is 0 Å². The summed E-state index contributed by atoms with van der Waals surface area (Å²) < 4.78 is 1.14. The van der Waals surface area contributed by atoms with Crippen molar-refractivity contribution in [2.45, 2.75) is 32.0 Å². The van der Waals surface area contributed by atoms with Crippen molar-refractivity contribution in [3.05, 3.63) is 62.7 Å². The Kier molecular flexibility index (Phi) is 6.21. The second-order valence-corrected chi connectivity index (χ2v) is 8.77. The molecule has 31 heavy (non-hydrogen) atoms. The summed E-state index contributed by atoms with van der Waals surface area (Å²) in [5.41, 5.74) is 3.00. The molecule has 0 aliphatic carbocycles. The molecule has 2 heterocycles. The van der Waals surface area contributed by atoms with Crippen molar-refractivity contribution < 1.29 is 19.2 Å². The molecule has 4 amide bonds. The lowest BCUT2D eigenvalue weighted by Gasteiger charge is -2.29. The third-order valence-electron chi connectivity index (χ3n) is 5.38. The fraction of sp³-hybridized carbons (Fsp3) is 0.273. The van der Waals surface area contributed by atoms with Gasteiger partial charge in [-0.05, 0) is 64.4 Å². The van der Waals surface area contributed by atoms with Crippen molar-refractivity contribution in [1.29, 1.82) is 0 Å². The van der Waals surface area contributed by atoms with Crippen LogP contribution in [0.15, 0.2) is 42.5 Å². The molecule has 8 nitrogen and oxygen atoms in total. The Balaban J connectivity index is 1.33. The number of amides is 4. The third-order valence-corrected chi connectivity index (χ3v) is 6.10. The lowest BCUT2D eigenvalue weighted by atomic mass is 10.0. The Morgan fingerprint density at radius 1 is 1.13 bits per heavy atom. The number of anilines is 1. The fourth-order valence-electron chi connectivity index (χ4n) is 3.71. The minimum absolute atomic E-state index is 0.0776. The van der Waals surface area contributed by atoms with Gasteiger partial charge in [-0.1, -0.05) is 18.2 Å². The number of nitrogens with one attached hydrogen (secondary N) is 3. The molecule has 1 fully saturated rings. The van der Waals surface area contributed by atoms with Gasteiger partial charge in [0.1, 0.15) is 6.04 Å². The third kappa shape index (κ3) is 4.87. The van der Waals surface area contributed by atoms with Crippen LogP contribution in [0.5, 0.6) is 0 Å². The number of fused-ring (bicyclic) bond motifs is 1. The van der Waals surface area contributed by atoms with E-state index in [1.165, 1.54) is 4.90 Å². The van der Waals surface area contributed by atoms with Gasteiger partial charge in [0, 0.05) is 34.3 Å². The maximum absolute atomic E-state index is 12.9. The molecular formula is C22H21IN4O4. The van der Waals surface area contributed by atoms with E-state index in [2.05, 4.69) is 38.5 Å². The van der Waals surface area contributed by atoms with Crippen LogP contribution in [0.25, 0.3) is 0 Å². The molecule has 2 aliphatic rings. The maximum Gasteiger partial charge on any atom is 0.255 e. The second kappa shape index (κ2) is 9.04. The van der Waals surface area contributed by atoms with Crippen molar-refractivity contribution in [2.24, 2.45) is 0 Å². The fourth-order valence-corrected chi connectivity index (χ4v) is 4.07. The summed E-state index contributed by atoms with van der Waals surface area (Å²) in [6.07, 6.45) is 0.552. The number of carbonyl (C=O) groups is 4. The summed E-state index contributed by atoms with van der Waals surface area (Å²) >= 11 is 2.23. The van der Waals surface area contributed by atoms with Crippen LogP contribution in [-0.2, 0) is 27.5 Å². The number of halogens is 1. The predicted molar refractivity (Wildman–Crippen MR) is 122 cm³/mol. The molecule has 1 unspecified atom stereocenters. The highest BCUT2D eigenvalue weighted by molar-refractivity contribution is 14.1. The van der Waals surface area contributed by atoms with E-state index in [-0.39, 0.29) is 30.7 Å². The van der Waals surface area contributed by atoms with Gasteiger partial charge in [0.25, 0.3) is 5.91 Å². The average Bonchev–Trinajstić information content (AvgIpc) is 3.07. The summed E-state index contributed by atoms with van der Waals surface area (Å²) in [7, 11) is 0. The topological polar surface area (TPSA) is 108 Å². The Labute approximate surface area is 192 Å². The smallest absolute Gasteiger partial charge is 0.255 e. The zero-order valence-electron chi connectivity index (χ0n) is 16.6. The van der Waals surface area contributed by atoms with E-state index in [1.807, 2.05) is 36.4 Å². The first-order valence-corrected chi connectivity index (χ1v) is 11.0. The minimum atomic E-state index is -0.638. The summed E-state index contributed by atoms with van der Waals surface area (Å²) in [5.74, 6) is -1.13. The van der Waals surface area contributed by atoms with E-state index >= 15 is 0 Å². The summed E-state index contributed by atoms with van der Waals surface area (Å²) in [5, 5.41) is 8.19. The normalized spacial score (nSPS) is 17.9. The SMILES string of the molecule is O=C(CNc1ccc2c(c1)C(=O)N(C1CCC(=O)NC1=O)C2)NCc1ccc(I)cc1. The molecule has 4 rings (SSSR count). The molecule has 160 valence electrons. The quantitative estimate of drug-likeness (QED) is 0.389. The molecule has 2 aromatic rings. The highest BCUT2D eigenvalue weighted by Crippen LogP contribution is 2.29. The number of carbonyl (C=O) groups excluding carboxylic acids is 4. The van der Waals surface area contributed by atoms with E-state index in [9.17, 15) is 19.2 Å². The zero-order valence-corrected chi connectivity index (χ0v) is 18.8. The summed E-state index contributed by atoms with van der Waals surface area (Å²) in [4.78, 5) is 50.0. The van der Waals surface area contributed by atoms with Gasteiger partial charge < -0.3 is 15.5 Å². The van der Waals surface area contributed by atoms with Gasteiger partial charge in [0.2, 0.25) is 17.7 Å². The molecule has 0 bridgehead atoms. The van der Waals surface area contributed by atoms with Crippen LogP contribution in [0.3, 0.4) is 0 Å². The highest BCUT2D eigenvalue weighted by atomic mass is 127. The van der Waals surface area contributed by atoms with Crippen LogP contribution in [0.2, 0.25) is 0 Å². The lowest BCUT2D eigenvalue weighted by Crippen LogP contribution is -2.52. The molecule has 2 aromatic carbocycles. The number of hydrogen-bond donors (Lipinski definition) is 3. The van der Waals surface area contributed by atoms with E-state index in [0.717, 1.165) is 14.7 Å². The summed E-state index contributed by atoms with van der Waals surface area (Å²) in [6, 6.07) is 12.6. The van der Waals surface area contributed by atoms with Crippen molar-refractivity contribution >= 4 is 51.9 Å². The molecule has 3 N–H and O–H groups in total. The molecule has 0 radical (unpaired) electrons. The summed E-state index contributed by atoms with van der Waals surface area (Å²) in [6.45, 7) is 0.854. The number of hydrogen-bond acceptors (Lipinski definition) is 5. The average molecular weight is 532 g/mol. The highest BCUT2D eigenvalue weighted by Gasteiger charge is 2.39. The van der Waals surface area contributed by atoms with Crippen LogP contribution in [0.4, 0.5) is 5.69 Å². The standard InChI is InChI=1S/C22H21IN4O4/c23-15-4-1-13(2-5-15)10-25-20(29)11-24-16-6-3-14-12-27(22(31)17(14)9-16)18-7-8-19(28)26-21(18)30/h1-6,9,18,24H,7-8,10-12H2,(H,25,29)(H,26,28,30). The van der Waals surface area contributed by atoms with E-state index in [0.29, 0.717) is 30.8 Å². The van der Waals surface area contributed by atoms with E-state index in [1.54, 1.807) is 6.07 Å². The van der Waals surface area contributed by atoms with Gasteiger partial charge in [-0.15, -0.1) is 0 Å². The van der Waals surface area contributed by atoms with Crippen LogP contribution >= 0.6 is 22.6 Å². The predicted octanol–water partition coefficient (Wildman–Crippen LogP) is 1.78. The van der Waals surface area contributed by atoms with Crippen molar-refractivity contribution in [3.63, 3.8) is 0 Å². The first-order valence-electron chi connectivity index (χ1n) is 9.93. The van der Waals surface area contributed by atoms with Crippen molar-refractivity contribution in [2.75, 3.05) is 11.9 Å². The van der Waals surface area contributed by atoms with Gasteiger partial charge in [-0.3, -0.25) is 24.5 Å². The molecule has 9 heteroatoms.